The van der Waals surface area contributed by atoms with Crippen LogP contribution in [0.1, 0.15) is 12.5 Å². The van der Waals surface area contributed by atoms with Crippen LogP contribution in [-0.2, 0) is 0 Å². The molecule has 2 aromatic rings. The van der Waals surface area contributed by atoms with Crippen molar-refractivity contribution in [3.63, 3.8) is 0 Å². The van der Waals surface area contributed by atoms with Crippen molar-refractivity contribution >= 4 is 27.3 Å². The molecule has 0 saturated heterocycles. The lowest BCUT2D eigenvalue weighted by molar-refractivity contribution is 0.415. The summed E-state index contributed by atoms with van der Waals surface area (Å²) < 4.78 is 6.18. The minimum atomic E-state index is 0.845. The molecular formula is C15H15BrN2O. The van der Waals surface area contributed by atoms with Crippen LogP contribution in [0.2, 0.25) is 0 Å². The van der Waals surface area contributed by atoms with E-state index in [9.17, 15) is 0 Å². The van der Waals surface area contributed by atoms with Crippen LogP contribution in [0.3, 0.4) is 0 Å². The molecule has 0 aliphatic heterocycles. The number of hydrazone groups is 1. The van der Waals surface area contributed by atoms with E-state index < -0.39 is 0 Å². The lowest BCUT2D eigenvalue weighted by atomic mass is 10.1. The van der Waals surface area contributed by atoms with E-state index in [4.69, 9.17) is 4.74 Å². The van der Waals surface area contributed by atoms with Crippen molar-refractivity contribution in [3.8, 4) is 5.75 Å². The van der Waals surface area contributed by atoms with Gasteiger partial charge in [-0.25, -0.2) is 0 Å². The fourth-order valence-corrected chi connectivity index (χ4v) is 1.83. The Balaban J connectivity index is 2.07. The van der Waals surface area contributed by atoms with Crippen LogP contribution in [0.5, 0.6) is 5.75 Å². The van der Waals surface area contributed by atoms with Crippen LogP contribution in [0, 0.1) is 0 Å². The molecule has 0 heterocycles. The van der Waals surface area contributed by atoms with Gasteiger partial charge in [0.2, 0.25) is 0 Å². The number of nitrogens with zero attached hydrogens (tertiary/aromatic N) is 1. The first-order valence-electron chi connectivity index (χ1n) is 5.89. The molecule has 2 rings (SSSR count). The standard InChI is InChI=1S/C15H15BrN2O/c1-11(12-3-9-15(19-2)10-4-12)17-18-14-7-5-13(16)6-8-14/h3-10,18H,1-2H3/b17-11-. The molecule has 0 atom stereocenters. The maximum absolute atomic E-state index is 5.13. The fraction of sp³-hybridized carbons (Fsp3) is 0.133. The number of halogens is 1. The molecule has 0 aliphatic carbocycles. The molecule has 4 heteroatoms. The lowest BCUT2D eigenvalue weighted by Gasteiger charge is -2.05. The SMILES string of the molecule is COc1ccc(/C(C)=N\Nc2ccc(Br)cc2)cc1. The summed E-state index contributed by atoms with van der Waals surface area (Å²) in [6.07, 6.45) is 0. The van der Waals surface area contributed by atoms with Crippen LogP contribution < -0.4 is 10.2 Å². The maximum Gasteiger partial charge on any atom is 0.118 e. The van der Waals surface area contributed by atoms with Gasteiger partial charge in [-0.1, -0.05) is 15.9 Å². The zero-order valence-electron chi connectivity index (χ0n) is 10.9. The summed E-state index contributed by atoms with van der Waals surface area (Å²) in [7, 11) is 1.66. The van der Waals surface area contributed by atoms with E-state index in [0.29, 0.717) is 0 Å². The number of nitrogens with one attached hydrogen (secondary N) is 1. The molecule has 2 aromatic carbocycles. The molecule has 3 nitrogen and oxygen atoms in total. The van der Waals surface area contributed by atoms with E-state index in [2.05, 4.69) is 26.5 Å². The first-order valence-corrected chi connectivity index (χ1v) is 6.68. The molecule has 0 bridgehead atoms. The Labute approximate surface area is 121 Å². The average Bonchev–Trinajstić information content (AvgIpc) is 2.46. The van der Waals surface area contributed by atoms with Crippen molar-refractivity contribution in [1.82, 2.24) is 0 Å². The molecule has 0 aromatic heterocycles. The van der Waals surface area contributed by atoms with Crippen LogP contribution in [0.4, 0.5) is 5.69 Å². The summed E-state index contributed by atoms with van der Waals surface area (Å²) in [4.78, 5) is 0. The highest BCUT2D eigenvalue weighted by molar-refractivity contribution is 9.10. The highest BCUT2D eigenvalue weighted by Crippen LogP contribution is 2.15. The normalized spacial score (nSPS) is 11.2. The molecule has 0 radical (unpaired) electrons. The Morgan fingerprint density at radius 2 is 1.68 bits per heavy atom. The molecule has 0 aliphatic rings. The lowest BCUT2D eigenvalue weighted by Crippen LogP contribution is -1.99. The van der Waals surface area contributed by atoms with Gasteiger partial charge >= 0.3 is 0 Å². The number of methoxy groups -OCH3 is 1. The first kappa shape index (κ1) is 13.6. The third-order valence-corrected chi connectivity index (χ3v) is 3.23. The summed E-state index contributed by atoms with van der Waals surface area (Å²) in [5.41, 5.74) is 5.97. The highest BCUT2D eigenvalue weighted by Gasteiger charge is 1.98. The van der Waals surface area contributed by atoms with E-state index in [1.165, 1.54) is 0 Å². The summed E-state index contributed by atoms with van der Waals surface area (Å²) in [6.45, 7) is 1.97. The number of hydrogen-bond donors (Lipinski definition) is 1. The molecule has 1 N–H and O–H groups in total. The van der Waals surface area contributed by atoms with Gasteiger partial charge in [-0.05, 0) is 61.0 Å². The molecule has 0 unspecified atom stereocenters. The quantitative estimate of drug-likeness (QED) is 0.673. The van der Waals surface area contributed by atoms with Gasteiger partial charge in [0, 0.05) is 4.47 Å². The summed E-state index contributed by atoms with van der Waals surface area (Å²) in [5.74, 6) is 0.845. The zero-order chi connectivity index (χ0) is 13.7. The highest BCUT2D eigenvalue weighted by atomic mass is 79.9. The van der Waals surface area contributed by atoms with E-state index in [1.807, 2.05) is 55.5 Å². The van der Waals surface area contributed by atoms with Gasteiger partial charge in [-0.3, -0.25) is 5.43 Å². The molecular weight excluding hydrogens is 304 g/mol. The Morgan fingerprint density at radius 1 is 1.05 bits per heavy atom. The second-order valence-electron chi connectivity index (χ2n) is 4.04. The largest absolute Gasteiger partial charge is 0.497 e. The Hall–Kier alpha value is -1.81. The smallest absolute Gasteiger partial charge is 0.118 e. The van der Waals surface area contributed by atoms with E-state index >= 15 is 0 Å². The summed E-state index contributed by atoms with van der Waals surface area (Å²) in [5, 5.41) is 4.36. The van der Waals surface area contributed by atoms with Gasteiger partial charge in [0.25, 0.3) is 0 Å². The van der Waals surface area contributed by atoms with Crippen molar-refractivity contribution in [2.45, 2.75) is 6.92 Å². The Morgan fingerprint density at radius 3 is 2.26 bits per heavy atom. The van der Waals surface area contributed by atoms with E-state index in [1.54, 1.807) is 7.11 Å². The molecule has 0 fully saturated rings. The predicted molar refractivity (Wildman–Crippen MR) is 83.0 cm³/mol. The minimum absolute atomic E-state index is 0.845. The van der Waals surface area contributed by atoms with Crippen LogP contribution in [0.15, 0.2) is 58.1 Å². The molecule has 0 amide bonds. The molecule has 0 spiro atoms. The van der Waals surface area contributed by atoms with Crippen molar-refractivity contribution in [2.75, 3.05) is 12.5 Å². The Bertz CT molecular complexity index is 562. The third-order valence-electron chi connectivity index (χ3n) is 2.70. The van der Waals surface area contributed by atoms with Gasteiger partial charge in [0.1, 0.15) is 5.75 Å². The van der Waals surface area contributed by atoms with Crippen molar-refractivity contribution in [3.05, 3.63) is 58.6 Å². The zero-order valence-corrected chi connectivity index (χ0v) is 12.4. The molecule has 98 valence electrons. The van der Waals surface area contributed by atoms with Gasteiger partial charge in [0.15, 0.2) is 0 Å². The maximum atomic E-state index is 5.13. The topological polar surface area (TPSA) is 33.6 Å². The second kappa shape index (κ2) is 6.38. The fourth-order valence-electron chi connectivity index (χ4n) is 1.57. The van der Waals surface area contributed by atoms with E-state index in [0.717, 1.165) is 27.2 Å². The van der Waals surface area contributed by atoms with Crippen molar-refractivity contribution < 1.29 is 4.74 Å². The first-order chi connectivity index (χ1) is 9.19. The third kappa shape index (κ3) is 3.83. The van der Waals surface area contributed by atoms with Crippen LogP contribution in [0.25, 0.3) is 0 Å². The van der Waals surface area contributed by atoms with Crippen LogP contribution in [-0.4, -0.2) is 12.8 Å². The Kier molecular flexibility index (Phi) is 4.58. The number of benzene rings is 2. The number of ether oxygens (including phenoxy) is 1. The van der Waals surface area contributed by atoms with Gasteiger partial charge in [0.05, 0.1) is 18.5 Å². The summed E-state index contributed by atoms with van der Waals surface area (Å²) in [6, 6.07) is 15.7. The predicted octanol–water partition coefficient (Wildman–Crippen LogP) is 4.29. The van der Waals surface area contributed by atoms with Crippen molar-refractivity contribution in [2.24, 2.45) is 5.10 Å². The number of anilines is 1. The monoisotopic (exact) mass is 318 g/mol. The average molecular weight is 319 g/mol. The van der Waals surface area contributed by atoms with Gasteiger partial charge in [-0.2, -0.15) is 5.10 Å². The summed E-state index contributed by atoms with van der Waals surface area (Å²) >= 11 is 3.40. The number of hydrogen-bond acceptors (Lipinski definition) is 3. The van der Waals surface area contributed by atoms with E-state index in [-0.39, 0.29) is 0 Å². The number of rotatable bonds is 4. The second-order valence-corrected chi connectivity index (χ2v) is 4.96. The molecule has 19 heavy (non-hydrogen) atoms. The van der Waals surface area contributed by atoms with Crippen molar-refractivity contribution in [1.29, 1.82) is 0 Å². The van der Waals surface area contributed by atoms with Crippen LogP contribution >= 0.6 is 15.9 Å². The molecule has 0 saturated carbocycles. The minimum Gasteiger partial charge on any atom is -0.497 e. The van der Waals surface area contributed by atoms with Gasteiger partial charge in [-0.15, -0.1) is 0 Å². The van der Waals surface area contributed by atoms with Gasteiger partial charge < -0.3 is 4.74 Å².